The van der Waals surface area contributed by atoms with Gasteiger partial charge in [0.2, 0.25) is 35.4 Å². The molecule has 5 N–H and O–H groups in total. The fourth-order valence-corrected chi connectivity index (χ4v) is 12.4. The highest BCUT2D eigenvalue weighted by Gasteiger charge is 2.41. The summed E-state index contributed by atoms with van der Waals surface area (Å²) in [6.45, 7) is 18.9. The highest BCUT2D eigenvalue weighted by atomic mass is 32.2. The third-order valence-electron chi connectivity index (χ3n) is 17.4. The van der Waals surface area contributed by atoms with Crippen LogP contribution in [0.3, 0.4) is 0 Å². The Morgan fingerprint density at radius 2 is 1.56 bits per heavy atom. The van der Waals surface area contributed by atoms with Crippen LogP contribution in [0, 0.1) is 30.6 Å². The number of nitrogens with one attached hydrogen (secondary N) is 4. The van der Waals surface area contributed by atoms with E-state index < -0.39 is 76.6 Å². The Labute approximate surface area is 563 Å². The summed E-state index contributed by atoms with van der Waals surface area (Å²) < 4.78 is 16.4. The van der Waals surface area contributed by atoms with E-state index in [1.807, 2.05) is 91.7 Å². The number of unbranched alkanes of at least 4 members (excludes halogenated alkanes) is 1. The molecule has 4 rings (SSSR count). The number of anilines is 1. The number of aryl methyl sites for hydroxylation is 1. The first-order chi connectivity index (χ1) is 44.5. The number of imide groups is 1. The molecule has 1 saturated heterocycles. The lowest BCUT2D eigenvalue weighted by molar-refractivity contribution is -0.151. The molecule has 0 bridgehead atoms. The minimum absolute atomic E-state index is 0.0200. The van der Waals surface area contributed by atoms with Gasteiger partial charge in [-0.05, 0) is 116 Å². The van der Waals surface area contributed by atoms with Crippen LogP contribution in [0.5, 0.6) is 0 Å². The predicted molar refractivity (Wildman–Crippen MR) is 361 cm³/mol. The summed E-state index contributed by atoms with van der Waals surface area (Å²) in [5.41, 5.74) is 2.26. The fourth-order valence-electron chi connectivity index (χ4n) is 10.9. The van der Waals surface area contributed by atoms with Crippen molar-refractivity contribution in [1.29, 1.82) is 0 Å². The number of carbonyl (C=O) groups is 11. The van der Waals surface area contributed by atoms with Gasteiger partial charge in [-0.2, -0.15) is 11.8 Å². The van der Waals surface area contributed by atoms with Crippen molar-refractivity contribution in [2.75, 3.05) is 58.6 Å². The molecule has 94 heavy (non-hydrogen) atoms. The van der Waals surface area contributed by atoms with E-state index in [1.54, 1.807) is 47.7 Å². The Kier molecular flexibility index (Phi) is 33.7. The van der Waals surface area contributed by atoms with Crippen LogP contribution in [-0.4, -0.2) is 178 Å². The zero-order valence-corrected chi connectivity index (χ0v) is 58.9. The number of aromatic nitrogens is 1. The Morgan fingerprint density at radius 1 is 0.883 bits per heavy atom. The molecular formula is C69H102N8O15S2. The molecule has 1 fully saturated rings. The number of likely N-dealkylation sites (N-methyl/N-ethyl adjacent to an activating group) is 1. The summed E-state index contributed by atoms with van der Waals surface area (Å²) in [5, 5.41) is 21.9. The third-order valence-corrected chi connectivity index (χ3v) is 19.3. The molecule has 0 radical (unpaired) electrons. The van der Waals surface area contributed by atoms with Gasteiger partial charge in [0.05, 0.1) is 30.6 Å². The van der Waals surface area contributed by atoms with Crippen LogP contribution in [-0.2, 0) is 75.1 Å². The maximum atomic E-state index is 15.6. The van der Waals surface area contributed by atoms with Crippen LogP contribution < -0.4 is 21.3 Å². The second kappa shape index (κ2) is 39.8. The molecule has 520 valence electrons. The largest absolute Gasteiger partial charge is 0.465 e. The summed E-state index contributed by atoms with van der Waals surface area (Å²) in [4.78, 5) is 156. The van der Waals surface area contributed by atoms with Crippen molar-refractivity contribution in [3.63, 3.8) is 0 Å². The average molecular weight is 1350 g/mol. The smallest absolute Gasteiger partial charge is 0.303 e. The van der Waals surface area contributed by atoms with Crippen molar-refractivity contribution in [3.8, 4) is 0 Å². The second-order valence-corrected chi connectivity index (χ2v) is 27.5. The maximum Gasteiger partial charge on any atom is 0.303 e. The summed E-state index contributed by atoms with van der Waals surface area (Å²) in [6.07, 6.45) is 3.14. The summed E-state index contributed by atoms with van der Waals surface area (Å²) >= 11 is 2.44. The molecule has 3 aromatic rings. The Hall–Kier alpha value is -6.93. The van der Waals surface area contributed by atoms with Gasteiger partial charge < -0.3 is 45.5 Å². The monoisotopic (exact) mass is 1350 g/mol. The summed E-state index contributed by atoms with van der Waals surface area (Å²) in [7, 11) is 3.63. The SMILES string of the molecule is CCC(C)[C@H](CC(=O)C(C)(C)N(C)C)C(=O)N(Cc1ccc(NC(=O)C(C)NC(=O)C(CCCCNC(=O)CCOCCO)CC(=O)CCCN2C(=O)CC(SC)C2=O)cc1)[C@H](C[C@@H](OC(C)=O)c1nc(C(=O)N[C@@H](Cc2ccc(C)cc2)CC(C)OC=O)cs1)C(C)C. The molecular weight excluding hydrogens is 1240 g/mol. The number of likely N-dealkylation sites (tertiary alicyclic amines) is 1. The molecule has 7 amide bonds. The minimum Gasteiger partial charge on any atom is -0.465 e. The highest BCUT2D eigenvalue weighted by Crippen LogP contribution is 2.35. The number of Topliss-reactive ketones (excluding diaryl/α,β-unsaturated/α-hetero) is 2. The number of benzene rings is 2. The normalized spacial score (nSPS) is 15.9. The Bertz CT molecular complexity index is 2990. The number of rotatable bonds is 44. The van der Waals surface area contributed by atoms with Gasteiger partial charge in [-0.1, -0.05) is 82.5 Å². The van der Waals surface area contributed by atoms with E-state index in [0.29, 0.717) is 61.4 Å². The third kappa shape index (κ3) is 25.7. The molecule has 0 aliphatic carbocycles. The van der Waals surface area contributed by atoms with Gasteiger partial charge in [0.15, 0.2) is 11.9 Å². The van der Waals surface area contributed by atoms with E-state index >= 15 is 4.79 Å². The standard InChI is InChI=1S/C69H102N8O15S2/c1-14-45(5)55(37-60(82)69(9,10)75(11)12)67(88)77(57(43(2)3)38-58(92-48(8)80)66-74-56(41-94-66)65(87)73-53(34-46(6)91-42-79)35-49-22-20-44(4)21-23-49)40-50-24-26-52(27-25-50)72-63(85)47(7)71-64(86)51(18-15-16-29-70-61(83)28-32-90-33-31-78)36-54(81)19-17-30-76-62(84)39-59(93-13)68(76)89/h20-27,41-43,45-47,51,53,55,57-59,78H,14-19,28-40H2,1-13H3,(H,70,83)(H,71,86)(H,72,85)(H,73,87)/t45?,46?,47?,51?,53-,55+,57-,58-,59?/m1/s1. The van der Waals surface area contributed by atoms with Crippen LogP contribution in [0.25, 0.3) is 0 Å². The lowest BCUT2D eigenvalue weighted by atomic mass is 9.81. The van der Waals surface area contributed by atoms with E-state index in [2.05, 4.69) is 21.3 Å². The average Bonchev–Trinajstić information content (AvgIpc) is 1.02. The molecule has 2 aromatic carbocycles. The van der Waals surface area contributed by atoms with E-state index in [0.717, 1.165) is 22.5 Å². The molecule has 25 heteroatoms. The number of thioether (sulfide) groups is 1. The van der Waals surface area contributed by atoms with Gasteiger partial charge in [0.25, 0.3) is 12.4 Å². The van der Waals surface area contributed by atoms with E-state index in [9.17, 15) is 47.9 Å². The van der Waals surface area contributed by atoms with Crippen molar-refractivity contribution in [2.45, 2.75) is 200 Å². The van der Waals surface area contributed by atoms with E-state index in [-0.39, 0.29) is 137 Å². The number of esters is 1. The van der Waals surface area contributed by atoms with Crippen LogP contribution >= 0.6 is 23.1 Å². The van der Waals surface area contributed by atoms with Gasteiger partial charge in [0.1, 0.15) is 28.6 Å². The predicted octanol–water partition coefficient (Wildman–Crippen LogP) is 7.73. The van der Waals surface area contributed by atoms with Crippen molar-refractivity contribution in [2.24, 2.45) is 23.7 Å². The number of hydrogen-bond donors (Lipinski definition) is 5. The molecule has 0 saturated carbocycles. The number of thiazole rings is 1. The quantitative estimate of drug-likeness (QED) is 0.0156. The van der Waals surface area contributed by atoms with Crippen molar-refractivity contribution in [3.05, 3.63) is 81.3 Å². The number of ether oxygens (including phenoxy) is 3. The fraction of sp³-hybridized carbons (Fsp3) is 0.623. The molecule has 23 nitrogen and oxygen atoms in total. The van der Waals surface area contributed by atoms with Gasteiger partial charge in [-0.3, -0.25) is 62.5 Å². The van der Waals surface area contributed by atoms with Crippen LogP contribution in [0.15, 0.2) is 53.9 Å². The Morgan fingerprint density at radius 3 is 2.17 bits per heavy atom. The van der Waals surface area contributed by atoms with E-state index in [1.165, 1.54) is 30.5 Å². The summed E-state index contributed by atoms with van der Waals surface area (Å²) in [6, 6.07) is 12.6. The number of aliphatic hydroxyl groups excluding tert-OH is 1. The topological polar surface area (TPSA) is 306 Å². The second-order valence-electron chi connectivity index (χ2n) is 25.6. The first kappa shape index (κ1) is 79.5. The van der Waals surface area contributed by atoms with Gasteiger partial charge in [-0.25, -0.2) is 4.98 Å². The zero-order valence-electron chi connectivity index (χ0n) is 57.3. The van der Waals surface area contributed by atoms with Gasteiger partial charge in [-0.15, -0.1) is 11.3 Å². The van der Waals surface area contributed by atoms with E-state index in [4.69, 9.17) is 24.3 Å². The molecule has 1 aromatic heterocycles. The molecule has 2 heterocycles. The molecule has 0 spiro atoms. The molecule has 5 unspecified atom stereocenters. The van der Waals surface area contributed by atoms with Crippen LogP contribution in [0.4, 0.5) is 5.69 Å². The number of amides is 7. The lowest BCUT2D eigenvalue weighted by Crippen LogP contribution is -2.50. The Balaban J connectivity index is 1.59. The molecule has 1 aliphatic rings. The van der Waals surface area contributed by atoms with Crippen molar-refractivity contribution >= 4 is 94.1 Å². The van der Waals surface area contributed by atoms with Crippen LogP contribution in [0.1, 0.15) is 178 Å². The lowest BCUT2D eigenvalue weighted by Gasteiger charge is -2.40. The molecule has 1 aliphatic heterocycles. The first-order valence-corrected chi connectivity index (χ1v) is 34.8. The zero-order chi connectivity index (χ0) is 69.8. The van der Waals surface area contributed by atoms with Crippen LogP contribution in [0.2, 0.25) is 0 Å². The van der Waals surface area contributed by atoms with Gasteiger partial charge >= 0.3 is 5.97 Å². The number of ketones is 2. The minimum atomic E-state index is -1.07. The number of carbonyl (C=O) groups excluding carboxylic acids is 11. The number of aliphatic hydroxyl groups is 1. The number of nitrogens with zero attached hydrogens (tertiary/aromatic N) is 4. The maximum absolute atomic E-state index is 15.6. The van der Waals surface area contributed by atoms with Crippen molar-refractivity contribution in [1.82, 2.24) is 35.6 Å². The number of hydrogen-bond acceptors (Lipinski definition) is 19. The molecule has 9 atom stereocenters. The van der Waals surface area contributed by atoms with Crippen molar-refractivity contribution < 1.29 is 72.1 Å². The summed E-state index contributed by atoms with van der Waals surface area (Å²) in [5.74, 6) is -5.73. The van der Waals surface area contributed by atoms with Gasteiger partial charge in [0, 0.05) is 106 Å². The highest BCUT2D eigenvalue weighted by molar-refractivity contribution is 8.00. The first-order valence-electron chi connectivity index (χ1n) is 32.7.